The van der Waals surface area contributed by atoms with Crippen molar-refractivity contribution in [2.45, 2.75) is 63.4 Å². The molecule has 26 heteroatoms. The number of phosphoric acid groups is 3. The summed E-state index contributed by atoms with van der Waals surface area (Å²) in [6.07, 6.45) is 4.17. The molecule has 22 nitrogen and oxygen atoms in total. The number of hydrogen-bond acceptors (Lipinski definition) is 16. The maximum Gasteiger partial charge on any atom is 0.490 e. The van der Waals surface area contributed by atoms with Crippen LogP contribution in [0.25, 0.3) is 32.0 Å². The molecule has 0 saturated carbocycles. The van der Waals surface area contributed by atoms with Gasteiger partial charge >= 0.3 is 23.5 Å². The van der Waals surface area contributed by atoms with Crippen molar-refractivity contribution in [3.05, 3.63) is 54.4 Å². The highest BCUT2D eigenvalue weighted by molar-refractivity contribution is 7.66. The van der Waals surface area contributed by atoms with E-state index in [-0.39, 0.29) is 12.3 Å². The molecule has 2 aromatic heterocycles. The third-order valence-corrected chi connectivity index (χ3v) is 14.5. The first-order valence-corrected chi connectivity index (χ1v) is 24.6. The second-order valence-corrected chi connectivity index (χ2v) is 20.0. The molecule has 332 valence electrons. The minimum atomic E-state index is -5.69. The lowest BCUT2D eigenvalue weighted by Gasteiger charge is -2.19. The number of phosphoric ester groups is 1. The van der Waals surface area contributed by atoms with E-state index in [0.717, 1.165) is 70.5 Å². The quantitative estimate of drug-likeness (QED) is 0.0240. The molecule has 7 N–H and O–H groups in total. The zero-order chi connectivity index (χ0) is 44.0. The number of nitrogens with zero attached hydrogens (tertiary/aromatic N) is 7. The number of unbranched alkanes of at least 4 members (excludes halogenated alkanes) is 3. The van der Waals surface area contributed by atoms with Crippen molar-refractivity contribution in [2.75, 3.05) is 57.6 Å². The summed E-state index contributed by atoms with van der Waals surface area (Å²) in [5.74, 6) is 0.515. The van der Waals surface area contributed by atoms with Gasteiger partial charge in [-0.05, 0) is 43.5 Å². The third kappa shape index (κ3) is 13.1. The van der Waals surface area contributed by atoms with E-state index in [9.17, 15) is 33.4 Å². The number of benzene rings is 2. The molecule has 0 radical (unpaired) electrons. The number of ether oxygens (including phenoxy) is 1. The van der Waals surface area contributed by atoms with Crippen molar-refractivity contribution >= 4 is 73.6 Å². The number of aliphatic hydroxyl groups is 1. The SMILES string of the molecule is CN(CCCC(=O)NCCCCCCNc1ncnc2c1ncn2[C@H]1C[C@H](O)[C@@H](COP(=O)(O)OP(=O)(O)OP(=O)(O)O)O1)c1ccc2nc3ccc(=[N+](C)C)cc-3sc2c1. The Morgan fingerprint density at radius 2 is 1.75 bits per heavy atom. The van der Waals surface area contributed by atoms with E-state index in [0.29, 0.717) is 36.5 Å². The largest absolute Gasteiger partial charge is 0.490 e. The summed E-state index contributed by atoms with van der Waals surface area (Å²) >= 11 is 1.72. The normalized spacial score (nSPS) is 18.9. The van der Waals surface area contributed by atoms with Crippen LogP contribution in [0, 0.1) is 0 Å². The number of carbonyl (C=O) groups is 1. The lowest BCUT2D eigenvalue weighted by Crippen LogP contribution is -2.26. The van der Waals surface area contributed by atoms with Gasteiger partial charge in [0.05, 0.1) is 39.8 Å². The first kappa shape index (κ1) is 46.7. The summed E-state index contributed by atoms with van der Waals surface area (Å²) in [6, 6.07) is 12.6. The van der Waals surface area contributed by atoms with Gasteiger partial charge in [0.25, 0.3) is 0 Å². The minimum absolute atomic E-state index is 0.0122. The van der Waals surface area contributed by atoms with Gasteiger partial charge in [-0.2, -0.15) is 8.62 Å². The van der Waals surface area contributed by atoms with Gasteiger partial charge in [0.2, 0.25) is 11.3 Å². The van der Waals surface area contributed by atoms with Crippen LogP contribution in [0.2, 0.25) is 0 Å². The maximum atomic E-state index is 12.5. The molecule has 0 bridgehead atoms. The maximum absolute atomic E-state index is 12.5. The lowest BCUT2D eigenvalue weighted by molar-refractivity contribution is -0.121. The molecule has 2 unspecified atom stereocenters. The number of rotatable bonds is 21. The Morgan fingerprint density at radius 1 is 0.984 bits per heavy atom. The van der Waals surface area contributed by atoms with Gasteiger partial charge in [-0.15, -0.1) is 11.3 Å². The molecule has 6 rings (SSSR count). The number of anilines is 2. The Hall–Kier alpha value is -3.79. The molecule has 2 aliphatic heterocycles. The number of imidazole rings is 1. The zero-order valence-electron chi connectivity index (χ0n) is 33.5. The Kier molecular flexibility index (Phi) is 15.4. The van der Waals surface area contributed by atoms with E-state index in [4.69, 9.17) is 19.5 Å². The van der Waals surface area contributed by atoms with E-state index in [1.54, 1.807) is 11.3 Å². The van der Waals surface area contributed by atoms with E-state index >= 15 is 0 Å². The molecule has 4 heterocycles. The Morgan fingerprint density at radius 3 is 2.51 bits per heavy atom. The summed E-state index contributed by atoms with van der Waals surface area (Å²) < 4.78 is 57.0. The molecular formula is C35H49N9O13P3S+. The number of fused-ring (bicyclic) bond motifs is 3. The molecule has 1 aliphatic carbocycles. The number of amides is 1. The average molecular weight is 929 g/mol. The predicted molar refractivity (Wildman–Crippen MR) is 226 cm³/mol. The highest BCUT2D eigenvalue weighted by Gasteiger charge is 2.43. The van der Waals surface area contributed by atoms with Crippen molar-refractivity contribution in [2.24, 2.45) is 0 Å². The van der Waals surface area contributed by atoms with Crippen molar-refractivity contribution in [1.82, 2.24) is 34.4 Å². The summed E-state index contributed by atoms with van der Waals surface area (Å²) in [7, 11) is -10.6. The van der Waals surface area contributed by atoms with Crippen LogP contribution in [-0.4, -0.2) is 115 Å². The van der Waals surface area contributed by atoms with Crippen LogP contribution in [0.4, 0.5) is 11.5 Å². The molecule has 1 fully saturated rings. The van der Waals surface area contributed by atoms with Gasteiger partial charge in [-0.3, -0.25) is 13.9 Å². The fraction of sp³-hybridized carbons (Fsp3) is 0.486. The number of hydrogen-bond donors (Lipinski definition) is 7. The summed E-state index contributed by atoms with van der Waals surface area (Å²) in [5.41, 5.74) is 3.84. The van der Waals surface area contributed by atoms with Gasteiger partial charge in [0, 0.05) is 57.3 Å². The van der Waals surface area contributed by atoms with Gasteiger partial charge in [-0.1, -0.05) is 12.8 Å². The van der Waals surface area contributed by atoms with Gasteiger partial charge in [0.15, 0.2) is 17.0 Å². The molecule has 1 amide bonds. The minimum Gasteiger partial charge on any atom is -0.390 e. The lowest BCUT2D eigenvalue weighted by atomic mass is 10.2. The van der Waals surface area contributed by atoms with Crippen LogP contribution in [0.15, 0.2) is 49.1 Å². The highest BCUT2D eigenvalue weighted by atomic mass is 32.1. The average Bonchev–Trinajstić information content (AvgIpc) is 3.78. The Balaban J connectivity index is 0.867. The van der Waals surface area contributed by atoms with E-state index in [1.807, 2.05) is 27.2 Å². The standard InChI is InChI=1S/C35H48N9O13P3S/c1-42(2)23-10-12-25-29(17-23)61-30-18-24(11-13-26(30)41-25)43(3)16-8-9-31(46)36-14-6-4-5-7-15-37-34-33-35(39-21-38-34)44(22-40-33)32-19-27(45)28(55-32)20-54-59(50,51)57-60(52,53)56-58(47,48)49/h10-13,17-18,21-22,27-28,32,45H,4-9,14-16,19-20H2,1-3H3,(H5-,36,37,38,39,46,47,48,49,50,51,52,53)/p+1/t27-,28+,32+/m0/s1. The van der Waals surface area contributed by atoms with Crippen LogP contribution < -0.4 is 25.5 Å². The van der Waals surface area contributed by atoms with E-state index in [2.05, 4.69) is 78.5 Å². The van der Waals surface area contributed by atoms with Crippen molar-refractivity contribution < 1.29 is 61.1 Å². The molecule has 1 aromatic carbocycles. The molecule has 3 aliphatic rings. The van der Waals surface area contributed by atoms with Gasteiger partial charge in [-0.25, -0.2) is 38.2 Å². The monoisotopic (exact) mass is 928 g/mol. The highest BCUT2D eigenvalue weighted by Crippen LogP contribution is 2.66. The summed E-state index contributed by atoms with van der Waals surface area (Å²) in [4.78, 5) is 70.1. The van der Waals surface area contributed by atoms with Crippen LogP contribution in [0.3, 0.4) is 0 Å². The second kappa shape index (κ2) is 20.2. The first-order chi connectivity index (χ1) is 28.9. The van der Waals surface area contributed by atoms with Gasteiger partial charge < -0.3 is 45.0 Å². The number of aromatic nitrogens is 5. The number of carbonyl (C=O) groups excluding carboxylic acids is 1. The Labute approximate surface area is 354 Å². The topological polar surface area (TPSA) is 293 Å². The smallest absolute Gasteiger partial charge is 0.390 e. The van der Waals surface area contributed by atoms with Crippen LogP contribution in [0.1, 0.15) is 51.2 Å². The first-order valence-electron chi connectivity index (χ1n) is 19.2. The van der Waals surface area contributed by atoms with Crippen LogP contribution in [-0.2, 0) is 36.4 Å². The molecule has 61 heavy (non-hydrogen) atoms. The molecule has 5 atom stereocenters. The predicted octanol–water partition coefficient (Wildman–Crippen LogP) is 3.57. The molecular weight excluding hydrogens is 879 g/mol. The van der Waals surface area contributed by atoms with Crippen LogP contribution in [0.5, 0.6) is 0 Å². The molecule has 3 aromatic rings. The fourth-order valence-electron chi connectivity index (χ4n) is 6.55. The van der Waals surface area contributed by atoms with Crippen molar-refractivity contribution in [3.63, 3.8) is 0 Å². The second-order valence-electron chi connectivity index (χ2n) is 14.5. The van der Waals surface area contributed by atoms with Crippen molar-refractivity contribution in [1.29, 1.82) is 0 Å². The number of aliphatic hydroxyl groups excluding tert-OH is 1. The van der Waals surface area contributed by atoms with Crippen LogP contribution >= 0.6 is 34.8 Å². The zero-order valence-corrected chi connectivity index (χ0v) is 37.0. The molecule has 0 spiro atoms. The summed E-state index contributed by atoms with van der Waals surface area (Å²) in [6.45, 7) is 1.14. The van der Waals surface area contributed by atoms with E-state index in [1.165, 1.54) is 17.2 Å². The van der Waals surface area contributed by atoms with E-state index < -0.39 is 48.5 Å². The third-order valence-electron chi connectivity index (χ3n) is 9.61. The Bertz CT molecular complexity index is 2520. The number of nitrogens with one attached hydrogen (secondary N) is 2. The fourth-order valence-corrected chi connectivity index (χ4v) is 10.6. The van der Waals surface area contributed by atoms with Gasteiger partial charge in [0.1, 0.15) is 32.8 Å². The molecule has 1 saturated heterocycles. The summed E-state index contributed by atoms with van der Waals surface area (Å²) in [5, 5.41) is 17.9. The van der Waals surface area contributed by atoms with Crippen molar-refractivity contribution in [3.8, 4) is 10.6 Å².